The van der Waals surface area contributed by atoms with Crippen molar-refractivity contribution in [2.24, 2.45) is 0 Å². The van der Waals surface area contributed by atoms with Gasteiger partial charge in [0.1, 0.15) is 0 Å². The fourth-order valence-corrected chi connectivity index (χ4v) is 2.51. The number of urea groups is 1. The van der Waals surface area contributed by atoms with Gasteiger partial charge in [0.2, 0.25) is 5.91 Å². The van der Waals surface area contributed by atoms with Crippen LogP contribution in [0.25, 0.3) is 0 Å². The van der Waals surface area contributed by atoms with Gasteiger partial charge in [0.05, 0.1) is 6.54 Å². The van der Waals surface area contributed by atoms with E-state index in [1.807, 2.05) is 19.1 Å². The number of anilines is 2. The first-order chi connectivity index (χ1) is 13.0. The van der Waals surface area contributed by atoms with Crippen LogP contribution in [0.1, 0.15) is 28.8 Å². The van der Waals surface area contributed by atoms with Crippen molar-refractivity contribution in [1.82, 2.24) is 10.6 Å². The van der Waals surface area contributed by atoms with Crippen LogP contribution < -0.4 is 21.3 Å². The van der Waals surface area contributed by atoms with E-state index in [0.29, 0.717) is 23.0 Å². The van der Waals surface area contributed by atoms with Crippen LogP contribution in [0.4, 0.5) is 16.2 Å². The van der Waals surface area contributed by atoms with Gasteiger partial charge in [-0.25, -0.2) is 4.79 Å². The molecule has 0 saturated heterocycles. The maximum atomic E-state index is 12.1. The monoisotopic (exact) mass is 366 g/mol. The van der Waals surface area contributed by atoms with Crippen LogP contribution >= 0.6 is 0 Å². The summed E-state index contributed by atoms with van der Waals surface area (Å²) >= 11 is 0. The van der Waals surface area contributed by atoms with Crippen molar-refractivity contribution in [3.8, 4) is 0 Å². The molecule has 2 aromatic rings. The molecule has 0 spiro atoms. The highest BCUT2D eigenvalue weighted by Crippen LogP contribution is 2.19. The lowest BCUT2D eigenvalue weighted by molar-refractivity contribution is -0.115. The SMILES string of the molecule is Cc1ccccc1C(=O)NCC(=O)Nc1ccc(NC(=O)NC2CC2)cc1. The Kier molecular flexibility index (Phi) is 5.71. The summed E-state index contributed by atoms with van der Waals surface area (Å²) in [6, 6.07) is 14.0. The molecule has 0 heterocycles. The van der Waals surface area contributed by atoms with E-state index >= 15 is 0 Å². The first-order valence-electron chi connectivity index (χ1n) is 8.82. The molecular weight excluding hydrogens is 344 g/mol. The van der Waals surface area contributed by atoms with Crippen molar-refractivity contribution in [1.29, 1.82) is 0 Å². The van der Waals surface area contributed by atoms with E-state index in [2.05, 4.69) is 21.3 Å². The maximum absolute atomic E-state index is 12.1. The molecule has 0 unspecified atom stereocenters. The molecule has 2 aromatic carbocycles. The zero-order valence-corrected chi connectivity index (χ0v) is 15.0. The summed E-state index contributed by atoms with van der Waals surface area (Å²) in [7, 11) is 0. The fraction of sp³-hybridized carbons (Fsp3) is 0.250. The lowest BCUT2D eigenvalue weighted by Crippen LogP contribution is -2.33. The molecule has 140 valence electrons. The second kappa shape index (κ2) is 8.35. The molecule has 0 aromatic heterocycles. The van der Waals surface area contributed by atoms with Gasteiger partial charge in [-0.1, -0.05) is 18.2 Å². The highest BCUT2D eigenvalue weighted by atomic mass is 16.2. The molecule has 4 N–H and O–H groups in total. The van der Waals surface area contributed by atoms with Crippen molar-refractivity contribution in [2.45, 2.75) is 25.8 Å². The third kappa shape index (κ3) is 5.57. The molecule has 1 aliphatic carbocycles. The van der Waals surface area contributed by atoms with Crippen LogP contribution in [0.2, 0.25) is 0 Å². The molecule has 4 amide bonds. The average molecular weight is 366 g/mol. The van der Waals surface area contributed by atoms with Gasteiger partial charge in [0, 0.05) is 23.0 Å². The summed E-state index contributed by atoms with van der Waals surface area (Å²) in [5.74, 6) is -0.617. The molecule has 7 heteroatoms. The van der Waals surface area contributed by atoms with Gasteiger partial charge in [0.15, 0.2) is 0 Å². The minimum absolute atomic E-state index is 0.128. The van der Waals surface area contributed by atoms with Gasteiger partial charge in [-0.2, -0.15) is 0 Å². The number of benzene rings is 2. The molecule has 0 radical (unpaired) electrons. The second-order valence-corrected chi connectivity index (χ2v) is 6.50. The van der Waals surface area contributed by atoms with Gasteiger partial charge in [-0.15, -0.1) is 0 Å². The highest BCUT2D eigenvalue weighted by Gasteiger charge is 2.23. The molecule has 0 atom stereocenters. The summed E-state index contributed by atoms with van der Waals surface area (Å²) in [4.78, 5) is 35.8. The van der Waals surface area contributed by atoms with Crippen LogP contribution in [-0.2, 0) is 4.79 Å². The lowest BCUT2D eigenvalue weighted by atomic mass is 10.1. The molecule has 0 bridgehead atoms. The van der Waals surface area contributed by atoms with Crippen LogP contribution in [0, 0.1) is 6.92 Å². The number of carbonyl (C=O) groups is 3. The Bertz CT molecular complexity index is 845. The van der Waals surface area contributed by atoms with Crippen molar-refractivity contribution in [2.75, 3.05) is 17.2 Å². The van der Waals surface area contributed by atoms with E-state index in [1.165, 1.54) is 0 Å². The maximum Gasteiger partial charge on any atom is 0.319 e. The van der Waals surface area contributed by atoms with Crippen LogP contribution in [-0.4, -0.2) is 30.4 Å². The van der Waals surface area contributed by atoms with E-state index in [1.54, 1.807) is 36.4 Å². The van der Waals surface area contributed by atoms with Crippen molar-refractivity contribution < 1.29 is 14.4 Å². The van der Waals surface area contributed by atoms with E-state index in [9.17, 15) is 14.4 Å². The Hall–Kier alpha value is -3.35. The van der Waals surface area contributed by atoms with E-state index in [0.717, 1.165) is 18.4 Å². The smallest absolute Gasteiger partial charge is 0.319 e. The Balaban J connectivity index is 1.45. The number of rotatable bonds is 6. The molecule has 7 nitrogen and oxygen atoms in total. The number of hydrogen-bond donors (Lipinski definition) is 4. The second-order valence-electron chi connectivity index (χ2n) is 6.50. The highest BCUT2D eigenvalue weighted by molar-refractivity contribution is 6.00. The third-order valence-electron chi connectivity index (χ3n) is 4.14. The van der Waals surface area contributed by atoms with E-state index in [4.69, 9.17) is 0 Å². The van der Waals surface area contributed by atoms with Crippen molar-refractivity contribution in [3.05, 3.63) is 59.7 Å². The summed E-state index contributed by atoms with van der Waals surface area (Å²) in [6.45, 7) is 1.71. The van der Waals surface area contributed by atoms with Crippen molar-refractivity contribution >= 4 is 29.2 Å². The molecule has 3 rings (SSSR count). The number of nitrogens with one attached hydrogen (secondary N) is 4. The number of hydrogen-bond acceptors (Lipinski definition) is 3. The largest absolute Gasteiger partial charge is 0.343 e. The lowest BCUT2D eigenvalue weighted by Gasteiger charge is -2.10. The van der Waals surface area contributed by atoms with Crippen LogP contribution in [0.15, 0.2) is 48.5 Å². The van der Waals surface area contributed by atoms with Gasteiger partial charge in [-0.05, 0) is 55.7 Å². The molecule has 0 aliphatic heterocycles. The Morgan fingerprint density at radius 1 is 0.926 bits per heavy atom. The van der Waals surface area contributed by atoms with Gasteiger partial charge in [-0.3, -0.25) is 9.59 Å². The summed E-state index contributed by atoms with van der Waals surface area (Å²) in [5.41, 5.74) is 2.62. The molecule has 1 fully saturated rings. The Labute approximate surface area is 157 Å². The minimum Gasteiger partial charge on any atom is -0.343 e. The van der Waals surface area contributed by atoms with Crippen LogP contribution in [0.3, 0.4) is 0 Å². The topological polar surface area (TPSA) is 99.3 Å². The predicted octanol–water partition coefficient (Wildman–Crippen LogP) is 2.65. The zero-order chi connectivity index (χ0) is 19.2. The van der Waals surface area contributed by atoms with Crippen LogP contribution in [0.5, 0.6) is 0 Å². The van der Waals surface area contributed by atoms with Gasteiger partial charge >= 0.3 is 6.03 Å². The normalized spacial score (nSPS) is 12.8. The molecular formula is C20H22N4O3. The average Bonchev–Trinajstić information content (AvgIpc) is 3.45. The third-order valence-corrected chi connectivity index (χ3v) is 4.14. The molecule has 1 saturated carbocycles. The van der Waals surface area contributed by atoms with E-state index < -0.39 is 0 Å². The first-order valence-corrected chi connectivity index (χ1v) is 8.82. The summed E-state index contributed by atoms with van der Waals surface area (Å²) in [6.07, 6.45) is 2.05. The molecule has 27 heavy (non-hydrogen) atoms. The number of amides is 4. The number of carbonyl (C=O) groups excluding carboxylic acids is 3. The Morgan fingerprint density at radius 3 is 2.19 bits per heavy atom. The minimum atomic E-state index is -0.330. The Morgan fingerprint density at radius 2 is 1.56 bits per heavy atom. The standard InChI is InChI=1S/C20H22N4O3/c1-13-4-2-3-5-17(13)19(26)21-12-18(25)22-14-6-8-15(9-7-14)23-20(27)24-16-10-11-16/h2-9,16H,10-12H2,1H3,(H,21,26)(H,22,25)(H2,23,24,27). The van der Waals surface area contributed by atoms with E-state index in [-0.39, 0.29) is 24.4 Å². The zero-order valence-electron chi connectivity index (χ0n) is 15.0. The first kappa shape index (κ1) is 18.4. The summed E-state index contributed by atoms with van der Waals surface area (Å²) in [5, 5.41) is 10.9. The van der Waals surface area contributed by atoms with Gasteiger partial charge in [0.25, 0.3) is 5.91 Å². The van der Waals surface area contributed by atoms with Crippen molar-refractivity contribution in [3.63, 3.8) is 0 Å². The molecule has 1 aliphatic rings. The summed E-state index contributed by atoms with van der Waals surface area (Å²) < 4.78 is 0. The quantitative estimate of drug-likeness (QED) is 0.632. The predicted molar refractivity (Wildman–Crippen MR) is 104 cm³/mol. The fourth-order valence-electron chi connectivity index (χ4n) is 2.51. The van der Waals surface area contributed by atoms with Gasteiger partial charge < -0.3 is 21.3 Å². The number of aryl methyl sites for hydroxylation is 1.